The topological polar surface area (TPSA) is 68.5 Å². The van der Waals surface area contributed by atoms with E-state index in [1.807, 2.05) is 24.3 Å². The first-order valence-corrected chi connectivity index (χ1v) is 5.15. The zero-order valence-electron chi connectivity index (χ0n) is 9.46. The second kappa shape index (κ2) is 4.80. The summed E-state index contributed by atoms with van der Waals surface area (Å²) in [7, 11) is 1.48. The van der Waals surface area contributed by atoms with Crippen LogP contribution in [0.3, 0.4) is 0 Å². The van der Waals surface area contributed by atoms with Gasteiger partial charge in [-0.2, -0.15) is 0 Å². The van der Waals surface area contributed by atoms with Gasteiger partial charge in [0.15, 0.2) is 6.61 Å². The highest BCUT2D eigenvalue weighted by atomic mass is 16.5. The molecule has 17 heavy (non-hydrogen) atoms. The third-order valence-corrected chi connectivity index (χ3v) is 2.33. The number of rotatable bonds is 3. The Balaban J connectivity index is 2.12. The van der Waals surface area contributed by atoms with E-state index in [-0.39, 0.29) is 12.5 Å². The van der Waals surface area contributed by atoms with Crippen LogP contribution in [0.1, 0.15) is 0 Å². The Bertz CT molecular complexity index is 540. The molecule has 5 nitrogen and oxygen atoms in total. The van der Waals surface area contributed by atoms with Gasteiger partial charge in [-0.05, 0) is 24.3 Å². The van der Waals surface area contributed by atoms with Crippen molar-refractivity contribution in [1.82, 2.24) is 9.99 Å². The van der Waals surface area contributed by atoms with Crippen LogP contribution in [0, 0.1) is 0 Å². The molecule has 1 heterocycles. The predicted molar refractivity (Wildman–Crippen MR) is 64.2 cm³/mol. The van der Waals surface area contributed by atoms with Gasteiger partial charge in [-0.3, -0.25) is 14.8 Å². The van der Waals surface area contributed by atoms with Gasteiger partial charge in [0, 0.05) is 18.6 Å². The molecule has 0 saturated carbocycles. The number of likely N-dealkylation sites (N-methyl/N-ethyl adjacent to an activating group) is 1. The van der Waals surface area contributed by atoms with Crippen LogP contribution in [-0.4, -0.2) is 29.6 Å². The van der Waals surface area contributed by atoms with Gasteiger partial charge in [-0.1, -0.05) is 6.07 Å². The standard InChI is InChI=1S/C12H13N3O2/c1-15(13)12(16)8-17-10-4-5-11-9(7-10)3-2-6-14-11/h2-7H,8,13H2,1H3. The highest BCUT2D eigenvalue weighted by molar-refractivity contribution is 5.80. The number of hydrogen-bond acceptors (Lipinski definition) is 4. The second-order valence-corrected chi connectivity index (χ2v) is 3.65. The molecule has 1 amide bonds. The van der Waals surface area contributed by atoms with E-state index in [2.05, 4.69) is 4.98 Å². The van der Waals surface area contributed by atoms with Gasteiger partial charge in [-0.15, -0.1) is 0 Å². The number of nitrogens with two attached hydrogens (primary N) is 1. The molecule has 88 valence electrons. The monoisotopic (exact) mass is 231 g/mol. The zero-order valence-corrected chi connectivity index (χ0v) is 9.46. The van der Waals surface area contributed by atoms with E-state index in [9.17, 15) is 4.79 Å². The molecule has 0 atom stereocenters. The van der Waals surface area contributed by atoms with E-state index in [4.69, 9.17) is 10.6 Å². The molecule has 0 aliphatic heterocycles. The fraction of sp³-hybridized carbons (Fsp3) is 0.167. The molecule has 0 saturated heterocycles. The number of hydrogen-bond donors (Lipinski definition) is 1. The van der Waals surface area contributed by atoms with Gasteiger partial charge >= 0.3 is 0 Å². The molecule has 2 aromatic rings. The van der Waals surface area contributed by atoms with Gasteiger partial charge in [0.1, 0.15) is 5.75 Å². The zero-order chi connectivity index (χ0) is 12.3. The fourth-order valence-corrected chi connectivity index (χ4v) is 1.39. The maximum atomic E-state index is 11.2. The van der Waals surface area contributed by atoms with Crippen molar-refractivity contribution in [2.24, 2.45) is 5.84 Å². The van der Waals surface area contributed by atoms with E-state index in [1.54, 1.807) is 12.3 Å². The fourth-order valence-electron chi connectivity index (χ4n) is 1.39. The van der Waals surface area contributed by atoms with Crippen molar-refractivity contribution in [2.75, 3.05) is 13.7 Å². The van der Waals surface area contributed by atoms with E-state index in [0.29, 0.717) is 5.75 Å². The van der Waals surface area contributed by atoms with Crippen molar-refractivity contribution in [2.45, 2.75) is 0 Å². The summed E-state index contributed by atoms with van der Waals surface area (Å²) in [5.41, 5.74) is 0.891. The molecule has 1 aromatic carbocycles. The normalized spacial score (nSPS) is 10.2. The van der Waals surface area contributed by atoms with Gasteiger partial charge in [0.05, 0.1) is 5.52 Å². The number of carbonyl (C=O) groups excluding carboxylic acids is 1. The number of pyridine rings is 1. The first kappa shape index (κ1) is 11.3. The molecule has 2 N–H and O–H groups in total. The lowest BCUT2D eigenvalue weighted by atomic mass is 10.2. The van der Waals surface area contributed by atoms with Crippen molar-refractivity contribution >= 4 is 16.8 Å². The van der Waals surface area contributed by atoms with Crippen LogP contribution in [-0.2, 0) is 4.79 Å². The molecule has 0 fully saturated rings. The predicted octanol–water partition coefficient (Wildman–Crippen LogP) is 0.946. The summed E-state index contributed by atoms with van der Waals surface area (Å²) in [6.07, 6.45) is 1.73. The third kappa shape index (κ3) is 2.70. The minimum absolute atomic E-state index is 0.0707. The molecule has 0 spiro atoms. The molecule has 5 heteroatoms. The smallest absolute Gasteiger partial charge is 0.274 e. The Morgan fingerprint density at radius 2 is 2.29 bits per heavy atom. The largest absolute Gasteiger partial charge is 0.484 e. The van der Waals surface area contributed by atoms with Crippen LogP contribution >= 0.6 is 0 Å². The van der Waals surface area contributed by atoms with Crippen LogP contribution in [0.2, 0.25) is 0 Å². The highest BCUT2D eigenvalue weighted by Gasteiger charge is 2.05. The van der Waals surface area contributed by atoms with Crippen molar-refractivity contribution in [3.05, 3.63) is 36.5 Å². The van der Waals surface area contributed by atoms with Crippen molar-refractivity contribution in [1.29, 1.82) is 0 Å². The second-order valence-electron chi connectivity index (χ2n) is 3.65. The van der Waals surface area contributed by atoms with Gasteiger partial charge in [-0.25, -0.2) is 5.84 Å². The summed E-state index contributed by atoms with van der Waals surface area (Å²) >= 11 is 0. The lowest BCUT2D eigenvalue weighted by Gasteiger charge is -2.11. The van der Waals surface area contributed by atoms with Crippen LogP contribution in [0.15, 0.2) is 36.5 Å². The first-order valence-electron chi connectivity index (χ1n) is 5.15. The van der Waals surface area contributed by atoms with Crippen LogP contribution < -0.4 is 10.6 Å². The van der Waals surface area contributed by atoms with E-state index in [0.717, 1.165) is 15.9 Å². The minimum Gasteiger partial charge on any atom is -0.484 e. The summed E-state index contributed by atoms with van der Waals surface area (Å²) < 4.78 is 5.34. The highest BCUT2D eigenvalue weighted by Crippen LogP contribution is 2.18. The number of amides is 1. The Morgan fingerprint density at radius 3 is 3.06 bits per heavy atom. The van der Waals surface area contributed by atoms with E-state index < -0.39 is 0 Å². The Hall–Kier alpha value is -2.14. The summed E-state index contributed by atoms with van der Waals surface area (Å²) in [6, 6.07) is 9.25. The summed E-state index contributed by atoms with van der Waals surface area (Å²) in [5, 5.41) is 1.97. The summed E-state index contributed by atoms with van der Waals surface area (Å²) in [4.78, 5) is 15.4. The lowest BCUT2D eigenvalue weighted by Crippen LogP contribution is -2.36. The number of benzene rings is 1. The maximum absolute atomic E-state index is 11.2. The molecule has 1 aromatic heterocycles. The molecule has 0 bridgehead atoms. The SMILES string of the molecule is CN(N)C(=O)COc1ccc2ncccc2c1. The van der Waals surface area contributed by atoms with Crippen LogP contribution in [0.25, 0.3) is 10.9 Å². The van der Waals surface area contributed by atoms with Crippen LogP contribution in [0.4, 0.5) is 0 Å². The minimum atomic E-state index is -0.281. The van der Waals surface area contributed by atoms with Gasteiger partial charge < -0.3 is 4.74 Å². The summed E-state index contributed by atoms with van der Waals surface area (Å²) in [5.74, 6) is 5.63. The quantitative estimate of drug-likeness (QED) is 0.485. The van der Waals surface area contributed by atoms with Crippen molar-refractivity contribution in [3.8, 4) is 5.75 Å². The molecule has 0 unspecified atom stereocenters. The Labute approximate surface area is 98.8 Å². The number of aromatic nitrogens is 1. The van der Waals surface area contributed by atoms with E-state index in [1.165, 1.54) is 7.05 Å². The van der Waals surface area contributed by atoms with E-state index >= 15 is 0 Å². The number of fused-ring (bicyclic) bond motifs is 1. The number of nitrogens with zero attached hydrogens (tertiary/aromatic N) is 2. The molecular formula is C12H13N3O2. The lowest BCUT2D eigenvalue weighted by molar-refractivity contribution is -0.132. The van der Waals surface area contributed by atoms with Gasteiger partial charge in [0.2, 0.25) is 0 Å². The number of hydrazine groups is 1. The Morgan fingerprint density at radius 1 is 1.47 bits per heavy atom. The Kier molecular flexibility index (Phi) is 3.20. The number of ether oxygens (including phenoxy) is 1. The first-order chi connectivity index (χ1) is 8.16. The van der Waals surface area contributed by atoms with Crippen molar-refractivity contribution < 1.29 is 9.53 Å². The molecule has 0 radical (unpaired) electrons. The average Bonchev–Trinajstić information content (AvgIpc) is 2.35. The molecular weight excluding hydrogens is 218 g/mol. The third-order valence-electron chi connectivity index (χ3n) is 2.33. The van der Waals surface area contributed by atoms with Crippen LogP contribution in [0.5, 0.6) is 5.75 Å². The number of carbonyl (C=O) groups is 1. The molecule has 2 rings (SSSR count). The van der Waals surface area contributed by atoms with Gasteiger partial charge in [0.25, 0.3) is 5.91 Å². The average molecular weight is 231 g/mol. The maximum Gasteiger partial charge on any atom is 0.274 e. The molecule has 0 aliphatic carbocycles. The van der Waals surface area contributed by atoms with Crippen molar-refractivity contribution in [3.63, 3.8) is 0 Å². The molecule has 0 aliphatic rings. The summed E-state index contributed by atoms with van der Waals surface area (Å²) in [6.45, 7) is -0.0707.